The Morgan fingerprint density at radius 3 is 2.27 bits per heavy atom. The monoisotopic (exact) mass is 408 g/mol. The fraction of sp³-hybridized carbons (Fsp3) is 0.500. The highest BCUT2D eigenvalue weighted by molar-refractivity contribution is 5.77. The van der Waals surface area contributed by atoms with Gasteiger partial charge in [-0.15, -0.1) is 0 Å². The summed E-state index contributed by atoms with van der Waals surface area (Å²) in [5.41, 5.74) is 5.02. The Morgan fingerprint density at radius 1 is 0.967 bits per heavy atom. The molecule has 162 valence electrons. The molecule has 1 saturated heterocycles. The van der Waals surface area contributed by atoms with E-state index in [2.05, 4.69) is 62.2 Å². The molecule has 3 rings (SSSR count). The molecule has 0 aromatic heterocycles. The number of ether oxygens (including phenoxy) is 1. The third-order valence-electron chi connectivity index (χ3n) is 6.16. The molecule has 2 aromatic rings. The number of likely N-dealkylation sites (tertiary alicyclic amines) is 1. The van der Waals surface area contributed by atoms with Crippen LogP contribution in [0.5, 0.6) is 5.75 Å². The van der Waals surface area contributed by atoms with Gasteiger partial charge in [0.1, 0.15) is 5.75 Å². The standard InChI is InChI=1S/C26H36N2O2/c1-19(2)22-9-11-23(12-10-22)25(28-14-6-5-7-15-28)17-27-26(29)18-30-24-13-8-20(3)21(4)16-24/h8-13,16,19,25H,5-7,14-15,17-18H2,1-4H3,(H,27,29)/t25-/m1/s1. The molecule has 1 heterocycles. The van der Waals surface area contributed by atoms with Crippen molar-refractivity contribution >= 4 is 5.91 Å². The molecular formula is C26H36N2O2. The van der Waals surface area contributed by atoms with E-state index < -0.39 is 0 Å². The van der Waals surface area contributed by atoms with Gasteiger partial charge in [0.25, 0.3) is 5.91 Å². The second-order valence-electron chi connectivity index (χ2n) is 8.77. The van der Waals surface area contributed by atoms with Gasteiger partial charge in [0.2, 0.25) is 0 Å². The van der Waals surface area contributed by atoms with Crippen molar-refractivity contribution in [3.8, 4) is 5.75 Å². The predicted molar refractivity (Wildman–Crippen MR) is 123 cm³/mol. The molecule has 4 nitrogen and oxygen atoms in total. The SMILES string of the molecule is Cc1ccc(OCC(=O)NC[C@H](c2ccc(C(C)C)cc2)N2CCCCC2)cc1C. The van der Waals surface area contributed by atoms with Crippen molar-refractivity contribution in [1.29, 1.82) is 0 Å². The maximum atomic E-state index is 12.5. The number of piperidine rings is 1. The van der Waals surface area contributed by atoms with Crippen LogP contribution < -0.4 is 10.1 Å². The molecule has 0 spiro atoms. The van der Waals surface area contributed by atoms with Gasteiger partial charge in [0.05, 0.1) is 6.04 Å². The average Bonchev–Trinajstić information content (AvgIpc) is 2.76. The lowest BCUT2D eigenvalue weighted by atomic mass is 9.97. The van der Waals surface area contributed by atoms with Gasteiger partial charge in [-0.3, -0.25) is 9.69 Å². The first-order valence-corrected chi connectivity index (χ1v) is 11.2. The molecule has 0 saturated carbocycles. The number of amides is 1. The highest BCUT2D eigenvalue weighted by Gasteiger charge is 2.23. The van der Waals surface area contributed by atoms with Gasteiger partial charge < -0.3 is 10.1 Å². The Morgan fingerprint density at radius 2 is 1.63 bits per heavy atom. The maximum absolute atomic E-state index is 12.5. The summed E-state index contributed by atoms with van der Waals surface area (Å²) >= 11 is 0. The lowest BCUT2D eigenvalue weighted by Gasteiger charge is -2.35. The molecule has 1 fully saturated rings. The fourth-order valence-electron chi connectivity index (χ4n) is 4.00. The van der Waals surface area contributed by atoms with Crippen LogP contribution in [0, 0.1) is 13.8 Å². The van der Waals surface area contributed by atoms with E-state index in [1.165, 1.54) is 41.5 Å². The molecule has 1 aliphatic rings. The van der Waals surface area contributed by atoms with Crippen molar-refractivity contribution in [3.05, 3.63) is 64.7 Å². The average molecular weight is 409 g/mol. The first-order valence-electron chi connectivity index (χ1n) is 11.2. The van der Waals surface area contributed by atoms with Crippen molar-refractivity contribution < 1.29 is 9.53 Å². The summed E-state index contributed by atoms with van der Waals surface area (Å²) in [4.78, 5) is 15.0. The van der Waals surface area contributed by atoms with Crippen molar-refractivity contribution in [1.82, 2.24) is 10.2 Å². The Hall–Kier alpha value is -2.33. The van der Waals surface area contributed by atoms with Gasteiger partial charge in [-0.05, 0) is 80.1 Å². The number of carbonyl (C=O) groups excluding carboxylic acids is 1. The summed E-state index contributed by atoms with van der Waals surface area (Å²) < 4.78 is 5.70. The minimum atomic E-state index is -0.0750. The molecule has 1 atom stereocenters. The van der Waals surface area contributed by atoms with Gasteiger partial charge in [0.15, 0.2) is 6.61 Å². The molecule has 0 unspecified atom stereocenters. The third-order valence-corrected chi connectivity index (χ3v) is 6.16. The summed E-state index contributed by atoms with van der Waals surface area (Å²) in [6.45, 7) is 11.4. The normalized spacial score (nSPS) is 15.8. The predicted octanol–water partition coefficient (Wildman–Crippen LogP) is 5.15. The van der Waals surface area contributed by atoms with Gasteiger partial charge in [-0.1, -0.05) is 50.6 Å². The van der Waals surface area contributed by atoms with Gasteiger partial charge >= 0.3 is 0 Å². The van der Waals surface area contributed by atoms with E-state index in [0.29, 0.717) is 12.5 Å². The fourth-order valence-corrected chi connectivity index (χ4v) is 4.00. The van der Waals surface area contributed by atoms with E-state index in [0.717, 1.165) is 18.8 Å². The summed E-state index contributed by atoms with van der Waals surface area (Å²) in [5, 5.41) is 3.11. The van der Waals surface area contributed by atoms with E-state index in [9.17, 15) is 4.79 Å². The van der Waals surface area contributed by atoms with Crippen LogP contribution in [0.3, 0.4) is 0 Å². The third kappa shape index (κ3) is 6.09. The number of hydrogen-bond donors (Lipinski definition) is 1. The van der Waals surface area contributed by atoms with E-state index in [1.807, 2.05) is 18.2 Å². The molecule has 30 heavy (non-hydrogen) atoms. The number of hydrogen-bond acceptors (Lipinski definition) is 3. The summed E-state index contributed by atoms with van der Waals surface area (Å²) in [6, 6.07) is 15.0. The largest absolute Gasteiger partial charge is 0.484 e. The molecule has 1 N–H and O–H groups in total. The van der Waals surface area contributed by atoms with Crippen LogP contribution in [0.2, 0.25) is 0 Å². The first kappa shape index (κ1) is 22.4. The minimum absolute atomic E-state index is 0.0432. The Kier molecular flexibility index (Phi) is 7.92. The maximum Gasteiger partial charge on any atom is 0.258 e. The van der Waals surface area contributed by atoms with Crippen LogP contribution in [0.1, 0.15) is 67.3 Å². The van der Waals surface area contributed by atoms with E-state index in [1.54, 1.807) is 0 Å². The summed E-state index contributed by atoms with van der Waals surface area (Å²) in [7, 11) is 0. The summed E-state index contributed by atoms with van der Waals surface area (Å²) in [5.74, 6) is 1.19. The molecule has 0 bridgehead atoms. The first-order chi connectivity index (χ1) is 14.4. The number of nitrogens with one attached hydrogen (secondary N) is 1. The molecule has 1 aliphatic heterocycles. The topological polar surface area (TPSA) is 41.6 Å². The molecule has 4 heteroatoms. The summed E-state index contributed by atoms with van der Waals surface area (Å²) in [6.07, 6.45) is 3.75. The van der Waals surface area contributed by atoms with Gasteiger partial charge in [-0.2, -0.15) is 0 Å². The second kappa shape index (κ2) is 10.6. The Bertz CT molecular complexity index is 823. The lowest BCUT2D eigenvalue weighted by Crippen LogP contribution is -2.41. The molecule has 0 aliphatic carbocycles. The van der Waals surface area contributed by atoms with Crippen molar-refractivity contribution in [2.24, 2.45) is 0 Å². The van der Waals surface area contributed by atoms with E-state index in [4.69, 9.17) is 4.74 Å². The van der Waals surface area contributed by atoms with E-state index >= 15 is 0 Å². The van der Waals surface area contributed by atoms with Crippen LogP contribution in [0.15, 0.2) is 42.5 Å². The number of rotatable bonds is 8. The number of aryl methyl sites for hydroxylation is 2. The zero-order chi connectivity index (χ0) is 21.5. The lowest BCUT2D eigenvalue weighted by molar-refractivity contribution is -0.123. The smallest absolute Gasteiger partial charge is 0.258 e. The Labute approximate surface area is 181 Å². The van der Waals surface area contributed by atoms with Crippen molar-refractivity contribution in [2.45, 2.75) is 58.9 Å². The quantitative estimate of drug-likeness (QED) is 0.657. The minimum Gasteiger partial charge on any atom is -0.484 e. The van der Waals surface area contributed by atoms with Crippen LogP contribution >= 0.6 is 0 Å². The number of carbonyl (C=O) groups is 1. The molecule has 0 radical (unpaired) electrons. The molecule has 1 amide bonds. The van der Waals surface area contributed by atoms with Crippen LogP contribution in [0.25, 0.3) is 0 Å². The van der Waals surface area contributed by atoms with Gasteiger partial charge in [0, 0.05) is 6.54 Å². The van der Waals surface area contributed by atoms with Gasteiger partial charge in [-0.25, -0.2) is 0 Å². The van der Waals surface area contributed by atoms with E-state index in [-0.39, 0.29) is 18.6 Å². The number of benzene rings is 2. The zero-order valence-electron chi connectivity index (χ0n) is 18.9. The van der Waals surface area contributed by atoms with Crippen molar-refractivity contribution in [3.63, 3.8) is 0 Å². The number of nitrogens with zero attached hydrogens (tertiary/aromatic N) is 1. The van der Waals surface area contributed by atoms with Crippen molar-refractivity contribution in [2.75, 3.05) is 26.2 Å². The second-order valence-corrected chi connectivity index (χ2v) is 8.77. The molecular weight excluding hydrogens is 372 g/mol. The molecule has 2 aromatic carbocycles. The highest BCUT2D eigenvalue weighted by atomic mass is 16.5. The highest BCUT2D eigenvalue weighted by Crippen LogP contribution is 2.26. The Balaban J connectivity index is 1.60. The van der Waals surface area contributed by atoms with Crippen LogP contribution in [0.4, 0.5) is 0 Å². The zero-order valence-corrected chi connectivity index (χ0v) is 18.9. The van der Waals surface area contributed by atoms with Crippen LogP contribution in [-0.2, 0) is 4.79 Å². The van der Waals surface area contributed by atoms with Crippen LogP contribution in [-0.4, -0.2) is 37.0 Å².